The summed E-state index contributed by atoms with van der Waals surface area (Å²) in [6, 6.07) is 4.58. The molecule has 2 amide bonds. The summed E-state index contributed by atoms with van der Waals surface area (Å²) in [5.74, 6) is 0.0406. The number of rotatable bonds is 7. The Bertz CT molecular complexity index is 756. The first-order valence-corrected chi connectivity index (χ1v) is 10.1. The molecule has 1 aromatic carbocycles. The maximum absolute atomic E-state index is 14.0. The third kappa shape index (κ3) is 4.74. The summed E-state index contributed by atoms with van der Waals surface area (Å²) < 4.78 is 14.0. The van der Waals surface area contributed by atoms with Crippen LogP contribution >= 0.6 is 22.9 Å². The Kier molecular flexibility index (Phi) is 6.14. The van der Waals surface area contributed by atoms with Gasteiger partial charge < -0.3 is 10.2 Å². The molecule has 2 aromatic rings. The summed E-state index contributed by atoms with van der Waals surface area (Å²) in [5, 5.41) is 6.44. The van der Waals surface area contributed by atoms with E-state index in [1.165, 1.54) is 6.07 Å². The van der Waals surface area contributed by atoms with Gasteiger partial charge in [0.1, 0.15) is 5.82 Å². The van der Waals surface area contributed by atoms with Crippen LogP contribution in [0.4, 0.5) is 9.18 Å². The second-order valence-electron chi connectivity index (χ2n) is 6.87. The van der Waals surface area contributed by atoms with Crippen molar-refractivity contribution in [1.29, 1.82) is 0 Å². The molecule has 1 N–H and O–H groups in total. The van der Waals surface area contributed by atoms with Gasteiger partial charge in [0.2, 0.25) is 0 Å². The van der Waals surface area contributed by atoms with Gasteiger partial charge >= 0.3 is 6.03 Å². The molecular formula is C19H23ClFN3OS. The van der Waals surface area contributed by atoms with Crippen LogP contribution in [0.25, 0.3) is 0 Å². The van der Waals surface area contributed by atoms with E-state index in [4.69, 9.17) is 11.6 Å². The molecule has 1 saturated carbocycles. The van der Waals surface area contributed by atoms with E-state index in [9.17, 15) is 9.18 Å². The molecule has 0 spiro atoms. The number of nitrogens with one attached hydrogen (secondary N) is 1. The Morgan fingerprint density at radius 3 is 2.85 bits per heavy atom. The Labute approximate surface area is 162 Å². The molecule has 26 heavy (non-hydrogen) atoms. The standard InChI is InChI=1S/C19H23ClFN3OS/c1-12(2)18-23-13(11-26-18)8-9-22-19(25)24(14-6-7-14)10-15-16(20)4-3-5-17(15)21/h3-5,11-12,14H,6-10H2,1-2H3,(H,22,25). The van der Waals surface area contributed by atoms with Gasteiger partial charge in [-0.05, 0) is 25.0 Å². The fourth-order valence-corrected chi connectivity index (χ4v) is 3.80. The number of amides is 2. The normalized spacial score (nSPS) is 13.9. The minimum Gasteiger partial charge on any atom is -0.338 e. The number of urea groups is 1. The van der Waals surface area contributed by atoms with Crippen LogP contribution in [0.5, 0.6) is 0 Å². The summed E-state index contributed by atoms with van der Waals surface area (Å²) in [7, 11) is 0. The van der Waals surface area contributed by atoms with E-state index < -0.39 is 0 Å². The lowest BCUT2D eigenvalue weighted by Gasteiger charge is -2.23. The zero-order valence-corrected chi connectivity index (χ0v) is 16.5. The Morgan fingerprint density at radius 1 is 1.46 bits per heavy atom. The number of hydrogen-bond acceptors (Lipinski definition) is 3. The van der Waals surface area contributed by atoms with Crippen LogP contribution in [0.3, 0.4) is 0 Å². The summed E-state index contributed by atoms with van der Waals surface area (Å²) in [6.07, 6.45) is 2.58. The highest BCUT2D eigenvalue weighted by molar-refractivity contribution is 7.09. The fourth-order valence-electron chi connectivity index (χ4n) is 2.71. The lowest BCUT2D eigenvalue weighted by atomic mass is 10.2. The third-order valence-electron chi connectivity index (χ3n) is 4.36. The molecular weight excluding hydrogens is 373 g/mol. The van der Waals surface area contributed by atoms with Crippen LogP contribution in [0.15, 0.2) is 23.6 Å². The van der Waals surface area contributed by atoms with Crippen LogP contribution in [0, 0.1) is 5.82 Å². The van der Waals surface area contributed by atoms with Gasteiger partial charge in [0.25, 0.3) is 0 Å². The molecule has 1 aromatic heterocycles. The van der Waals surface area contributed by atoms with E-state index >= 15 is 0 Å². The predicted molar refractivity (Wildman–Crippen MR) is 103 cm³/mol. The molecule has 1 heterocycles. The van der Waals surface area contributed by atoms with Crippen LogP contribution in [0.1, 0.15) is 48.9 Å². The molecule has 0 atom stereocenters. The lowest BCUT2D eigenvalue weighted by molar-refractivity contribution is 0.191. The summed E-state index contributed by atoms with van der Waals surface area (Å²) in [6.45, 7) is 4.93. The molecule has 1 aliphatic rings. The number of aromatic nitrogens is 1. The first kappa shape index (κ1) is 19.1. The van der Waals surface area contributed by atoms with Crippen molar-refractivity contribution in [2.75, 3.05) is 6.54 Å². The quantitative estimate of drug-likeness (QED) is 0.718. The van der Waals surface area contributed by atoms with Gasteiger partial charge in [-0.1, -0.05) is 31.5 Å². The highest BCUT2D eigenvalue weighted by Crippen LogP contribution is 2.30. The molecule has 4 nitrogen and oxygen atoms in total. The lowest BCUT2D eigenvalue weighted by Crippen LogP contribution is -2.41. The van der Waals surface area contributed by atoms with Crippen molar-refractivity contribution >= 4 is 29.0 Å². The Hall–Kier alpha value is -1.66. The molecule has 0 aliphatic heterocycles. The third-order valence-corrected chi connectivity index (χ3v) is 5.91. The minimum atomic E-state index is -0.375. The monoisotopic (exact) mass is 395 g/mol. The molecule has 0 unspecified atom stereocenters. The summed E-state index contributed by atoms with van der Waals surface area (Å²) in [5.41, 5.74) is 1.37. The minimum absolute atomic E-state index is 0.164. The molecule has 0 bridgehead atoms. The molecule has 1 fully saturated rings. The molecule has 1 aliphatic carbocycles. The van der Waals surface area contributed by atoms with Crippen molar-refractivity contribution in [2.45, 2.75) is 51.6 Å². The molecule has 0 radical (unpaired) electrons. The van der Waals surface area contributed by atoms with E-state index in [0.29, 0.717) is 29.5 Å². The number of thiazole rings is 1. The predicted octanol–water partition coefficient (Wildman–Crippen LogP) is 4.98. The average molecular weight is 396 g/mol. The van der Waals surface area contributed by atoms with E-state index in [2.05, 4.69) is 24.1 Å². The Morgan fingerprint density at radius 2 is 2.23 bits per heavy atom. The molecule has 0 saturated heterocycles. The zero-order chi connectivity index (χ0) is 18.7. The van der Waals surface area contributed by atoms with Crippen molar-refractivity contribution in [2.24, 2.45) is 0 Å². The van der Waals surface area contributed by atoms with E-state index in [-0.39, 0.29) is 24.4 Å². The van der Waals surface area contributed by atoms with Gasteiger partial charge in [0, 0.05) is 40.9 Å². The smallest absolute Gasteiger partial charge is 0.317 e. The van der Waals surface area contributed by atoms with Gasteiger partial charge in [0.15, 0.2) is 0 Å². The summed E-state index contributed by atoms with van der Waals surface area (Å²) in [4.78, 5) is 18.8. The second-order valence-corrected chi connectivity index (χ2v) is 8.17. The first-order chi connectivity index (χ1) is 12.5. The van der Waals surface area contributed by atoms with Gasteiger partial charge in [-0.2, -0.15) is 0 Å². The van der Waals surface area contributed by atoms with Crippen molar-refractivity contribution in [3.8, 4) is 0 Å². The van der Waals surface area contributed by atoms with Crippen LogP contribution in [-0.4, -0.2) is 28.5 Å². The summed E-state index contributed by atoms with van der Waals surface area (Å²) >= 11 is 7.76. The molecule has 7 heteroatoms. The number of halogens is 2. The maximum Gasteiger partial charge on any atom is 0.317 e. The fraction of sp³-hybridized carbons (Fsp3) is 0.474. The first-order valence-electron chi connectivity index (χ1n) is 8.87. The maximum atomic E-state index is 14.0. The van der Waals surface area contributed by atoms with Gasteiger partial charge in [0.05, 0.1) is 17.2 Å². The highest BCUT2D eigenvalue weighted by Gasteiger charge is 2.33. The zero-order valence-electron chi connectivity index (χ0n) is 15.0. The van der Waals surface area contributed by atoms with E-state index in [0.717, 1.165) is 23.5 Å². The van der Waals surface area contributed by atoms with Gasteiger partial charge in [-0.25, -0.2) is 14.2 Å². The molecule has 3 rings (SSSR count). The highest BCUT2D eigenvalue weighted by atomic mass is 35.5. The van der Waals surface area contributed by atoms with Crippen LogP contribution in [0.2, 0.25) is 5.02 Å². The van der Waals surface area contributed by atoms with Crippen molar-refractivity contribution in [3.05, 3.63) is 50.7 Å². The topological polar surface area (TPSA) is 45.2 Å². The van der Waals surface area contributed by atoms with Crippen LogP contribution < -0.4 is 5.32 Å². The van der Waals surface area contributed by atoms with Crippen LogP contribution in [-0.2, 0) is 13.0 Å². The van der Waals surface area contributed by atoms with Gasteiger partial charge in [-0.15, -0.1) is 11.3 Å². The number of carbonyl (C=O) groups is 1. The largest absolute Gasteiger partial charge is 0.338 e. The second kappa shape index (κ2) is 8.35. The number of nitrogens with zero attached hydrogens (tertiary/aromatic N) is 2. The molecule has 140 valence electrons. The van der Waals surface area contributed by atoms with Crippen molar-refractivity contribution in [3.63, 3.8) is 0 Å². The average Bonchev–Trinajstić information content (AvgIpc) is 3.31. The van der Waals surface area contributed by atoms with Crippen molar-refractivity contribution < 1.29 is 9.18 Å². The number of hydrogen-bond donors (Lipinski definition) is 1. The van der Waals surface area contributed by atoms with Gasteiger partial charge in [-0.3, -0.25) is 0 Å². The number of carbonyl (C=O) groups excluding carboxylic acids is 1. The van der Waals surface area contributed by atoms with E-state index in [1.807, 2.05) is 5.38 Å². The number of benzene rings is 1. The Balaban J connectivity index is 1.57. The SMILES string of the molecule is CC(C)c1nc(CCNC(=O)N(Cc2c(F)cccc2Cl)C2CC2)cs1. The van der Waals surface area contributed by atoms with E-state index in [1.54, 1.807) is 28.4 Å². The van der Waals surface area contributed by atoms with Crippen molar-refractivity contribution in [1.82, 2.24) is 15.2 Å².